The van der Waals surface area contributed by atoms with E-state index in [1.54, 1.807) is 20.1 Å². The molecule has 0 saturated carbocycles. The first-order valence-electron chi connectivity index (χ1n) is 6.61. The summed E-state index contributed by atoms with van der Waals surface area (Å²) >= 11 is 0. The van der Waals surface area contributed by atoms with Gasteiger partial charge in [-0.15, -0.1) is 0 Å². The van der Waals surface area contributed by atoms with Crippen molar-refractivity contribution in [3.8, 4) is 17.0 Å². The molecule has 5 heteroatoms. The molecule has 0 aliphatic carbocycles. The van der Waals surface area contributed by atoms with E-state index < -0.39 is 11.5 Å². The number of carboxylic acid groups (broad SMARTS) is 1. The molecular weight excluding hydrogens is 270 g/mol. The van der Waals surface area contributed by atoms with E-state index in [-0.39, 0.29) is 5.56 Å². The van der Waals surface area contributed by atoms with Gasteiger partial charge in [0.05, 0.1) is 12.8 Å². The summed E-state index contributed by atoms with van der Waals surface area (Å²) in [6.45, 7) is 4.13. The lowest BCUT2D eigenvalue weighted by atomic mass is 10.1. The van der Waals surface area contributed by atoms with Crippen molar-refractivity contribution < 1.29 is 14.6 Å². The molecule has 0 saturated heterocycles. The third kappa shape index (κ3) is 2.67. The second-order valence-electron chi connectivity index (χ2n) is 4.69. The van der Waals surface area contributed by atoms with Crippen LogP contribution in [0.4, 0.5) is 0 Å². The smallest absolute Gasteiger partial charge is 0.341 e. The number of aryl methyl sites for hydroxylation is 1. The number of carbonyl (C=O) groups is 1. The maximum Gasteiger partial charge on any atom is 0.341 e. The average Bonchev–Trinajstić information content (AvgIpc) is 2.46. The van der Waals surface area contributed by atoms with Gasteiger partial charge in [0.25, 0.3) is 5.56 Å². The molecule has 0 fully saturated rings. The molecule has 1 heterocycles. The number of rotatable bonds is 4. The van der Waals surface area contributed by atoms with Crippen molar-refractivity contribution in [1.82, 2.24) is 4.57 Å². The van der Waals surface area contributed by atoms with Crippen molar-refractivity contribution in [1.29, 1.82) is 0 Å². The number of nitrogens with zero attached hydrogens (tertiary/aromatic N) is 1. The monoisotopic (exact) mass is 287 g/mol. The fourth-order valence-corrected chi connectivity index (χ4v) is 2.31. The van der Waals surface area contributed by atoms with E-state index in [1.165, 1.54) is 10.6 Å². The number of aromatic carboxylic acids is 1. The highest BCUT2D eigenvalue weighted by Gasteiger charge is 2.16. The molecule has 0 bridgehead atoms. The maximum absolute atomic E-state index is 12.3. The minimum absolute atomic E-state index is 0.229. The molecule has 0 atom stereocenters. The van der Waals surface area contributed by atoms with E-state index in [0.717, 1.165) is 11.1 Å². The average molecular weight is 287 g/mol. The van der Waals surface area contributed by atoms with E-state index >= 15 is 0 Å². The number of aromatic nitrogens is 1. The number of hydrogen-bond donors (Lipinski definition) is 1. The van der Waals surface area contributed by atoms with Crippen LogP contribution >= 0.6 is 0 Å². The van der Waals surface area contributed by atoms with Gasteiger partial charge in [-0.25, -0.2) is 4.79 Å². The third-order valence-corrected chi connectivity index (χ3v) is 3.35. The maximum atomic E-state index is 12.3. The molecule has 21 heavy (non-hydrogen) atoms. The summed E-state index contributed by atoms with van der Waals surface area (Å²) in [4.78, 5) is 23.3. The van der Waals surface area contributed by atoms with Crippen LogP contribution in [0.25, 0.3) is 11.3 Å². The lowest BCUT2D eigenvalue weighted by molar-refractivity contribution is 0.0694. The second-order valence-corrected chi connectivity index (χ2v) is 4.69. The third-order valence-electron chi connectivity index (χ3n) is 3.35. The number of carboxylic acids is 1. The van der Waals surface area contributed by atoms with E-state index in [4.69, 9.17) is 9.84 Å². The minimum Gasteiger partial charge on any atom is -0.496 e. The van der Waals surface area contributed by atoms with Crippen molar-refractivity contribution in [2.24, 2.45) is 0 Å². The van der Waals surface area contributed by atoms with Gasteiger partial charge in [-0.3, -0.25) is 4.79 Å². The summed E-state index contributed by atoms with van der Waals surface area (Å²) in [6.07, 6.45) is 0. The van der Waals surface area contributed by atoms with Crippen LogP contribution in [0.1, 0.15) is 22.8 Å². The highest BCUT2D eigenvalue weighted by Crippen LogP contribution is 2.30. The molecule has 110 valence electrons. The van der Waals surface area contributed by atoms with Gasteiger partial charge in [0, 0.05) is 12.1 Å². The molecule has 0 aliphatic rings. The summed E-state index contributed by atoms with van der Waals surface area (Å²) in [7, 11) is 1.56. The van der Waals surface area contributed by atoms with Gasteiger partial charge in [0.15, 0.2) is 0 Å². The number of ether oxygens (including phenoxy) is 1. The Labute approximate surface area is 122 Å². The quantitative estimate of drug-likeness (QED) is 0.938. The predicted octanol–water partition coefficient (Wildman–Crippen LogP) is 2.55. The van der Waals surface area contributed by atoms with Crippen LogP contribution in [0.3, 0.4) is 0 Å². The lowest BCUT2D eigenvalue weighted by Gasteiger charge is -2.15. The molecule has 5 nitrogen and oxygen atoms in total. The van der Waals surface area contributed by atoms with Crippen molar-refractivity contribution >= 4 is 5.97 Å². The Hall–Kier alpha value is -2.56. The molecule has 1 aromatic carbocycles. The van der Waals surface area contributed by atoms with Gasteiger partial charge in [-0.1, -0.05) is 11.6 Å². The zero-order valence-electron chi connectivity index (χ0n) is 12.2. The van der Waals surface area contributed by atoms with Gasteiger partial charge >= 0.3 is 5.97 Å². The first kappa shape index (κ1) is 14.8. The van der Waals surface area contributed by atoms with Crippen LogP contribution in [-0.4, -0.2) is 22.8 Å². The van der Waals surface area contributed by atoms with Crippen LogP contribution < -0.4 is 10.3 Å². The fraction of sp³-hybridized carbons (Fsp3) is 0.250. The van der Waals surface area contributed by atoms with Crippen molar-refractivity contribution in [3.05, 3.63) is 51.8 Å². The molecule has 2 rings (SSSR count). The fourth-order valence-electron chi connectivity index (χ4n) is 2.31. The predicted molar refractivity (Wildman–Crippen MR) is 80.1 cm³/mol. The Morgan fingerprint density at radius 1 is 1.29 bits per heavy atom. The Balaban J connectivity index is 2.76. The van der Waals surface area contributed by atoms with Gasteiger partial charge in [0.2, 0.25) is 0 Å². The standard InChI is InChI=1S/C16H17NO4/c1-4-17-13(7-6-11(15(17)18)16(19)20)12-9-10(2)5-8-14(12)21-3/h5-9H,4H2,1-3H3,(H,19,20). The SMILES string of the molecule is CCn1c(-c2cc(C)ccc2OC)ccc(C(=O)O)c1=O. The van der Waals surface area contributed by atoms with Gasteiger partial charge in [-0.2, -0.15) is 0 Å². The van der Waals surface area contributed by atoms with Crippen molar-refractivity contribution in [2.75, 3.05) is 7.11 Å². The molecule has 1 aromatic heterocycles. The summed E-state index contributed by atoms with van der Waals surface area (Å²) in [5, 5.41) is 9.05. The van der Waals surface area contributed by atoms with E-state index in [2.05, 4.69) is 0 Å². The van der Waals surface area contributed by atoms with Crippen LogP contribution in [0.5, 0.6) is 5.75 Å². The Kier molecular flexibility index (Phi) is 4.12. The van der Waals surface area contributed by atoms with Crippen LogP contribution in [-0.2, 0) is 6.54 Å². The summed E-state index contributed by atoms with van der Waals surface area (Å²) in [5.74, 6) is -0.574. The molecular formula is C16H17NO4. The van der Waals surface area contributed by atoms with Crippen LogP contribution in [0, 0.1) is 6.92 Å². The molecule has 1 N–H and O–H groups in total. The molecule has 0 aliphatic heterocycles. The van der Waals surface area contributed by atoms with E-state index in [1.807, 2.05) is 25.1 Å². The Bertz CT molecular complexity index is 746. The molecule has 0 unspecified atom stereocenters. The summed E-state index contributed by atoms with van der Waals surface area (Å²) < 4.78 is 6.79. The van der Waals surface area contributed by atoms with E-state index in [9.17, 15) is 9.59 Å². The topological polar surface area (TPSA) is 68.5 Å². The molecule has 0 radical (unpaired) electrons. The molecule has 0 spiro atoms. The van der Waals surface area contributed by atoms with E-state index in [0.29, 0.717) is 18.0 Å². The highest BCUT2D eigenvalue weighted by molar-refractivity contribution is 5.87. The first-order chi connectivity index (χ1) is 9.99. The summed E-state index contributed by atoms with van der Waals surface area (Å²) in [6, 6.07) is 8.66. The zero-order valence-corrected chi connectivity index (χ0v) is 12.2. The molecule has 0 amide bonds. The highest BCUT2D eigenvalue weighted by atomic mass is 16.5. The number of hydrogen-bond acceptors (Lipinski definition) is 3. The summed E-state index contributed by atoms with van der Waals surface area (Å²) in [5.41, 5.74) is 1.71. The number of pyridine rings is 1. The number of benzene rings is 1. The van der Waals surface area contributed by atoms with Crippen LogP contribution in [0.2, 0.25) is 0 Å². The van der Waals surface area contributed by atoms with Gasteiger partial charge in [0.1, 0.15) is 11.3 Å². The van der Waals surface area contributed by atoms with Gasteiger partial charge in [-0.05, 0) is 38.1 Å². The lowest BCUT2D eigenvalue weighted by Crippen LogP contribution is -2.26. The Morgan fingerprint density at radius 2 is 2.00 bits per heavy atom. The van der Waals surface area contributed by atoms with Gasteiger partial charge < -0.3 is 14.4 Å². The second kappa shape index (κ2) is 5.83. The normalized spacial score (nSPS) is 10.4. The first-order valence-corrected chi connectivity index (χ1v) is 6.61. The minimum atomic E-state index is -1.22. The van der Waals surface area contributed by atoms with Crippen molar-refractivity contribution in [3.63, 3.8) is 0 Å². The zero-order chi connectivity index (χ0) is 15.6. The largest absolute Gasteiger partial charge is 0.496 e. The number of methoxy groups -OCH3 is 1. The Morgan fingerprint density at radius 3 is 2.57 bits per heavy atom. The van der Waals surface area contributed by atoms with Crippen molar-refractivity contribution in [2.45, 2.75) is 20.4 Å². The van der Waals surface area contributed by atoms with Crippen LogP contribution in [0.15, 0.2) is 35.1 Å². The molecule has 2 aromatic rings.